The number of carbonyl (C=O) groups excluding carboxylic acids is 1. The Hall–Kier alpha value is -2.25. The van der Waals surface area contributed by atoms with Crippen LogP contribution < -0.4 is 5.32 Å². The first-order valence-corrected chi connectivity index (χ1v) is 10.9. The Bertz CT molecular complexity index is 910. The average molecular weight is 405 g/mol. The maximum absolute atomic E-state index is 13.8. The SMILES string of the molecule is CC(Cc1ccccc1F)NC(=O)C1CCN(S(=O)(=O)c2ccccc2)CC1. The van der Waals surface area contributed by atoms with Crippen LogP contribution in [0.4, 0.5) is 4.39 Å². The summed E-state index contributed by atoms with van der Waals surface area (Å²) in [5.41, 5.74) is 0.569. The molecule has 0 radical (unpaired) electrons. The molecule has 1 fully saturated rings. The number of rotatable bonds is 6. The average Bonchev–Trinajstić information content (AvgIpc) is 2.70. The van der Waals surface area contributed by atoms with Crippen molar-refractivity contribution in [1.29, 1.82) is 0 Å². The summed E-state index contributed by atoms with van der Waals surface area (Å²) in [4.78, 5) is 12.8. The molecule has 1 heterocycles. The van der Waals surface area contributed by atoms with Crippen molar-refractivity contribution >= 4 is 15.9 Å². The summed E-state index contributed by atoms with van der Waals surface area (Å²) in [7, 11) is -3.52. The van der Waals surface area contributed by atoms with Crippen LogP contribution in [0.1, 0.15) is 25.3 Å². The van der Waals surface area contributed by atoms with Crippen molar-refractivity contribution in [1.82, 2.24) is 9.62 Å². The molecule has 5 nitrogen and oxygen atoms in total. The molecule has 1 saturated heterocycles. The molecule has 150 valence electrons. The van der Waals surface area contributed by atoms with E-state index in [9.17, 15) is 17.6 Å². The molecule has 0 bridgehead atoms. The summed E-state index contributed by atoms with van der Waals surface area (Å²) < 4.78 is 40.5. The van der Waals surface area contributed by atoms with E-state index in [4.69, 9.17) is 0 Å². The zero-order valence-electron chi connectivity index (χ0n) is 15.8. The maximum atomic E-state index is 13.8. The van der Waals surface area contributed by atoms with Crippen LogP contribution in [0.3, 0.4) is 0 Å². The summed E-state index contributed by atoms with van der Waals surface area (Å²) in [5, 5.41) is 2.94. The Morgan fingerprint density at radius 3 is 2.36 bits per heavy atom. The molecule has 1 atom stereocenters. The molecule has 0 aliphatic carbocycles. The topological polar surface area (TPSA) is 66.5 Å². The van der Waals surface area contributed by atoms with Crippen LogP contribution in [-0.4, -0.2) is 37.8 Å². The molecular weight excluding hydrogens is 379 g/mol. The fourth-order valence-corrected chi connectivity index (χ4v) is 5.00. The molecule has 2 aromatic rings. The number of amides is 1. The molecule has 2 aromatic carbocycles. The van der Waals surface area contributed by atoms with Gasteiger partial charge >= 0.3 is 0 Å². The van der Waals surface area contributed by atoms with Crippen molar-refractivity contribution in [3.63, 3.8) is 0 Å². The van der Waals surface area contributed by atoms with Crippen LogP contribution in [0.5, 0.6) is 0 Å². The van der Waals surface area contributed by atoms with Gasteiger partial charge in [0.15, 0.2) is 0 Å². The Morgan fingerprint density at radius 1 is 1.11 bits per heavy atom. The zero-order chi connectivity index (χ0) is 20.1. The third-order valence-electron chi connectivity index (χ3n) is 5.08. The predicted molar refractivity (Wildman–Crippen MR) is 106 cm³/mol. The van der Waals surface area contributed by atoms with Gasteiger partial charge in [0.25, 0.3) is 0 Å². The van der Waals surface area contributed by atoms with Gasteiger partial charge < -0.3 is 5.32 Å². The summed E-state index contributed by atoms with van der Waals surface area (Å²) in [6.45, 7) is 2.48. The van der Waals surface area contributed by atoms with E-state index < -0.39 is 10.0 Å². The summed E-state index contributed by atoms with van der Waals surface area (Å²) in [6.07, 6.45) is 1.37. The Balaban J connectivity index is 1.53. The fourth-order valence-electron chi connectivity index (χ4n) is 3.51. The highest BCUT2D eigenvalue weighted by Crippen LogP contribution is 2.24. The molecule has 1 amide bonds. The van der Waals surface area contributed by atoms with E-state index in [0.717, 1.165) is 0 Å². The molecular formula is C21H25FN2O3S. The van der Waals surface area contributed by atoms with Crippen LogP contribution >= 0.6 is 0 Å². The summed E-state index contributed by atoms with van der Waals surface area (Å²) >= 11 is 0. The lowest BCUT2D eigenvalue weighted by atomic mass is 9.96. The largest absolute Gasteiger partial charge is 0.353 e. The highest BCUT2D eigenvalue weighted by Gasteiger charge is 2.32. The predicted octanol–water partition coefficient (Wildman–Crippen LogP) is 2.97. The molecule has 7 heteroatoms. The van der Waals surface area contributed by atoms with E-state index in [1.54, 1.807) is 48.5 Å². The lowest BCUT2D eigenvalue weighted by molar-refractivity contribution is -0.126. The highest BCUT2D eigenvalue weighted by molar-refractivity contribution is 7.89. The minimum absolute atomic E-state index is 0.0967. The molecule has 1 N–H and O–H groups in total. The molecule has 28 heavy (non-hydrogen) atoms. The molecule has 0 saturated carbocycles. The van der Waals surface area contributed by atoms with Crippen molar-refractivity contribution in [3.05, 3.63) is 66.0 Å². The number of halogens is 1. The van der Waals surface area contributed by atoms with E-state index in [-0.39, 0.29) is 28.6 Å². The number of nitrogens with one attached hydrogen (secondary N) is 1. The summed E-state index contributed by atoms with van der Waals surface area (Å²) in [5.74, 6) is -0.603. The van der Waals surface area contributed by atoms with Crippen molar-refractivity contribution < 1.29 is 17.6 Å². The van der Waals surface area contributed by atoms with Crippen LogP contribution in [0.15, 0.2) is 59.5 Å². The number of piperidine rings is 1. The van der Waals surface area contributed by atoms with Crippen molar-refractivity contribution in [2.75, 3.05) is 13.1 Å². The third-order valence-corrected chi connectivity index (χ3v) is 6.99. The van der Waals surface area contributed by atoms with Crippen LogP contribution in [0.25, 0.3) is 0 Å². The molecule has 1 aliphatic heterocycles. The molecule has 0 aromatic heterocycles. The number of benzene rings is 2. The molecule has 1 unspecified atom stereocenters. The monoisotopic (exact) mass is 404 g/mol. The van der Waals surface area contributed by atoms with E-state index in [2.05, 4.69) is 5.32 Å². The second-order valence-corrected chi connectivity index (χ2v) is 9.13. The lowest BCUT2D eigenvalue weighted by Crippen LogP contribution is -2.45. The minimum Gasteiger partial charge on any atom is -0.353 e. The number of hydrogen-bond acceptors (Lipinski definition) is 3. The summed E-state index contributed by atoms with van der Waals surface area (Å²) in [6, 6.07) is 14.7. The highest BCUT2D eigenvalue weighted by atomic mass is 32.2. The second-order valence-electron chi connectivity index (χ2n) is 7.20. The van der Waals surface area contributed by atoms with Crippen molar-refractivity contribution in [2.45, 2.75) is 37.1 Å². The Labute approximate surface area is 165 Å². The van der Waals surface area contributed by atoms with Gasteiger partial charge in [0, 0.05) is 25.0 Å². The van der Waals surface area contributed by atoms with E-state index >= 15 is 0 Å². The van der Waals surface area contributed by atoms with Gasteiger partial charge in [-0.25, -0.2) is 12.8 Å². The molecule has 3 rings (SSSR count). The van der Waals surface area contributed by atoms with E-state index in [1.807, 2.05) is 6.92 Å². The number of sulfonamides is 1. The first-order chi connectivity index (χ1) is 13.4. The van der Waals surface area contributed by atoms with Gasteiger partial charge in [-0.3, -0.25) is 4.79 Å². The van der Waals surface area contributed by atoms with Crippen LogP contribution in [-0.2, 0) is 21.2 Å². The van der Waals surface area contributed by atoms with Crippen molar-refractivity contribution in [3.8, 4) is 0 Å². The molecule has 1 aliphatic rings. The molecule has 0 spiro atoms. The standard InChI is InChI=1S/C21H25FN2O3S/c1-16(15-18-7-5-6-10-20(18)22)23-21(25)17-11-13-24(14-12-17)28(26,27)19-8-3-2-4-9-19/h2-10,16-17H,11-15H2,1H3,(H,23,25). The van der Waals surface area contributed by atoms with Gasteiger partial charge in [0.05, 0.1) is 4.90 Å². The van der Waals surface area contributed by atoms with Gasteiger partial charge in [0.2, 0.25) is 15.9 Å². The normalized spacial score (nSPS) is 17.2. The van der Waals surface area contributed by atoms with Gasteiger partial charge in [-0.05, 0) is 49.9 Å². The Kier molecular flexibility index (Phi) is 6.46. The zero-order valence-corrected chi connectivity index (χ0v) is 16.7. The number of carbonyl (C=O) groups is 1. The van der Waals surface area contributed by atoms with Crippen molar-refractivity contribution in [2.24, 2.45) is 5.92 Å². The van der Waals surface area contributed by atoms with Gasteiger partial charge in [0.1, 0.15) is 5.82 Å². The number of hydrogen-bond donors (Lipinski definition) is 1. The minimum atomic E-state index is -3.52. The first kappa shape index (κ1) is 20.5. The third kappa shape index (κ3) is 4.77. The first-order valence-electron chi connectivity index (χ1n) is 9.47. The quantitative estimate of drug-likeness (QED) is 0.805. The van der Waals surface area contributed by atoms with Gasteiger partial charge in [-0.15, -0.1) is 0 Å². The van der Waals surface area contributed by atoms with E-state index in [1.165, 1.54) is 10.4 Å². The lowest BCUT2D eigenvalue weighted by Gasteiger charge is -2.31. The Morgan fingerprint density at radius 2 is 1.71 bits per heavy atom. The number of nitrogens with zero attached hydrogens (tertiary/aromatic N) is 1. The van der Waals surface area contributed by atoms with Crippen LogP contribution in [0, 0.1) is 11.7 Å². The van der Waals surface area contributed by atoms with Crippen LogP contribution in [0.2, 0.25) is 0 Å². The van der Waals surface area contributed by atoms with E-state index in [0.29, 0.717) is 37.9 Å². The maximum Gasteiger partial charge on any atom is 0.243 e. The second kappa shape index (κ2) is 8.84. The van der Waals surface area contributed by atoms with Gasteiger partial charge in [-0.2, -0.15) is 4.31 Å². The van der Waals surface area contributed by atoms with Gasteiger partial charge in [-0.1, -0.05) is 36.4 Å². The smallest absolute Gasteiger partial charge is 0.243 e. The fraction of sp³-hybridized carbons (Fsp3) is 0.381.